The number of nitrogens with zero attached hydrogens (tertiary/aromatic N) is 2. The van der Waals surface area contributed by atoms with Gasteiger partial charge in [-0.05, 0) is 30.2 Å². The molecule has 25 heavy (non-hydrogen) atoms. The SMILES string of the molecule is O=C(CSc1nnc(-c2cccc(Br)c2)o1)NCCc1ccccc1. The molecule has 0 aliphatic carbocycles. The van der Waals surface area contributed by atoms with Gasteiger partial charge in [0.15, 0.2) is 0 Å². The average molecular weight is 418 g/mol. The number of hydrogen-bond donors (Lipinski definition) is 1. The maximum Gasteiger partial charge on any atom is 0.277 e. The van der Waals surface area contributed by atoms with Gasteiger partial charge in [-0.2, -0.15) is 0 Å². The van der Waals surface area contributed by atoms with Gasteiger partial charge in [-0.15, -0.1) is 10.2 Å². The zero-order valence-corrected chi connectivity index (χ0v) is 15.7. The third kappa shape index (κ3) is 5.44. The Morgan fingerprint density at radius 1 is 1.12 bits per heavy atom. The summed E-state index contributed by atoms with van der Waals surface area (Å²) in [5.41, 5.74) is 2.03. The molecule has 0 aliphatic rings. The molecule has 0 aliphatic heterocycles. The van der Waals surface area contributed by atoms with Crippen LogP contribution in [-0.4, -0.2) is 28.4 Å². The number of rotatable bonds is 7. The zero-order chi connectivity index (χ0) is 17.5. The van der Waals surface area contributed by atoms with Crippen LogP contribution in [0.4, 0.5) is 0 Å². The molecule has 0 fully saturated rings. The molecule has 7 heteroatoms. The maximum atomic E-state index is 11.9. The van der Waals surface area contributed by atoms with Crippen molar-refractivity contribution < 1.29 is 9.21 Å². The Hall–Kier alpha value is -2.12. The third-order valence-corrected chi connectivity index (χ3v) is 4.70. The van der Waals surface area contributed by atoms with Gasteiger partial charge in [0.05, 0.1) is 5.75 Å². The van der Waals surface area contributed by atoms with Crippen molar-refractivity contribution in [3.63, 3.8) is 0 Å². The summed E-state index contributed by atoms with van der Waals surface area (Å²) >= 11 is 4.64. The van der Waals surface area contributed by atoms with E-state index < -0.39 is 0 Å². The Balaban J connectivity index is 1.45. The lowest BCUT2D eigenvalue weighted by Crippen LogP contribution is -2.27. The predicted octanol–water partition coefficient (Wildman–Crippen LogP) is 3.95. The molecule has 2 aromatic carbocycles. The Kier molecular flexibility index (Phi) is 6.25. The number of halogens is 1. The fourth-order valence-electron chi connectivity index (χ4n) is 2.18. The third-order valence-electron chi connectivity index (χ3n) is 3.38. The molecule has 128 valence electrons. The minimum absolute atomic E-state index is 0.0527. The molecule has 0 saturated carbocycles. The number of aromatic nitrogens is 2. The minimum atomic E-state index is -0.0527. The van der Waals surface area contributed by atoms with E-state index in [1.165, 1.54) is 17.3 Å². The van der Waals surface area contributed by atoms with Crippen molar-refractivity contribution in [1.82, 2.24) is 15.5 Å². The molecule has 5 nitrogen and oxygen atoms in total. The van der Waals surface area contributed by atoms with Crippen LogP contribution in [0.3, 0.4) is 0 Å². The van der Waals surface area contributed by atoms with Crippen LogP contribution < -0.4 is 5.32 Å². The lowest BCUT2D eigenvalue weighted by atomic mass is 10.1. The van der Waals surface area contributed by atoms with Crippen molar-refractivity contribution in [2.75, 3.05) is 12.3 Å². The van der Waals surface area contributed by atoms with Crippen molar-refractivity contribution in [2.45, 2.75) is 11.6 Å². The molecule has 3 rings (SSSR count). The Morgan fingerprint density at radius 2 is 1.96 bits per heavy atom. The summed E-state index contributed by atoms with van der Waals surface area (Å²) in [6, 6.07) is 17.7. The number of thioether (sulfide) groups is 1. The summed E-state index contributed by atoms with van der Waals surface area (Å²) in [5, 5.41) is 11.3. The van der Waals surface area contributed by atoms with Crippen LogP contribution in [-0.2, 0) is 11.2 Å². The highest BCUT2D eigenvalue weighted by atomic mass is 79.9. The molecular formula is C18H16BrN3O2S. The summed E-state index contributed by atoms with van der Waals surface area (Å²) in [5.74, 6) is 0.631. The second-order valence-corrected chi connectivity index (χ2v) is 7.10. The first-order valence-electron chi connectivity index (χ1n) is 7.73. The van der Waals surface area contributed by atoms with E-state index in [0.717, 1.165) is 16.5 Å². The number of benzene rings is 2. The molecule has 1 amide bonds. The molecule has 3 aromatic rings. The molecule has 0 saturated heterocycles. The highest BCUT2D eigenvalue weighted by molar-refractivity contribution is 9.10. The van der Waals surface area contributed by atoms with Crippen molar-refractivity contribution >= 4 is 33.6 Å². The van der Waals surface area contributed by atoms with E-state index in [2.05, 4.69) is 31.4 Å². The first kappa shape index (κ1) is 17.7. The molecule has 0 bridgehead atoms. The molecule has 1 heterocycles. The van der Waals surface area contributed by atoms with Crippen LogP contribution in [0.1, 0.15) is 5.56 Å². The van der Waals surface area contributed by atoms with Crippen LogP contribution in [0.2, 0.25) is 0 Å². The highest BCUT2D eigenvalue weighted by Gasteiger charge is 2.11. The lowest BCUT2D eigenvalue weighted by molar-refractivity contribution is -0.118. The molecular weight excluding hydrogens is 402 g/mol. The number of carbonyl (C=O) groups excluding carboxylic acids is 1. The summed E-state index contributed by atoms with van der Waals surface area (Å²) < 4.78 is 6.53. The van der Waals surface area contributed by atoms with Gasteiger partial charge < -0.3 is 9.73 Å². The second kappa shape index (κ2) is 8.82. The van der Waals surface area contributed by atoms with Gasteiger partial charge in [0, 0.05) is 16.6 Å². The normalized spacial score (nSPS) is 10.6. The largest absolute Gasteiger partial charge is 0.411 e. The number of hydrogen-bond acceptors (Lipinski definition) is 5. The zero-order valence-electron chi connectivity index (χ0n) is 13.3. The minimum Gasteiger partial charge on any atom is -0.411 e. The lowest BCUT2D eigenvalue weighted by Gasteiger charge is -2.04. The van der Waals surface area contributed by atoms with Gasteiger partial charge in [-0.3, -0.25) is 4.79 Å². The second-order valence-electron chi connectivity index (χ2n) is 5.26. The van der Waals surface area contributed by atoms with Crippen LogP contribution in [0.25, 0.3) is 11.5 Å². The van der Waals surface area contributed by atoms with Gasteiger partial charge in [0.1, 0.15) is 0 Å². The van der Waals surface area contributed by atoms with E-state index in [1.54, 1.807) is 0 Å². The molecule has 0 radical (unpaired) electrons. The van der Waals surface area contributed by atoms with Gasteiger partial charge in [-0.1, -0.05) is 64.1 Å². The van der Waals surface area contributed by atoms with E-state index in [4.69, 9.17) is 4.42 Å². The first-order valence-corrected chi connectivity index (χ1v) is 9.51. The van der Waals surface area contributed by atoms with E-state index in [1.807, 2.05) is 54.6 Å². The summed E-state index contributed by atoms with van der Waals surface area (Å²) in [6.45, 7) is 0.608. The average Bonchev–Trinajstić information content (AvgIpc) is 3.10. The first-order chi connectivity index (χ1) is 12.2. The van der Waals surface area contributed by atoms with E-state index >= 15 is 0 Å². The maximum absolute atomic E-state index is 11.9. The van der Waals surface area contributed by atoms with Crippen molar-refractivity contribution in [3.8, 4) is 11.5 Å². The van der Waals surface area contributed by atoms with Crippen molar-refractivity contribution in [1.29, 1.82) is 0 Å². The quantitative estimate of drug-likeness (QED) is 0.589. The van der Waals surface area contributed by atoms with Crippen LogP contribution in [0, 0.1) is 0 Å². The summed E-state index contributed by atoms with van der Waals surface area (Å²) in [6.07, 6.45) is 0.810. The molecule has 1 N–H and O–H groups in total. The van der Waals surface area contributed by atoms with Crippen LogP contribution in [0.15, 0.2) is 68.7 Å². The van der Waals surface area contributed by atoms with E-state index in [0.29, 0.717) is 17.7 Å². The predicted molar refractivity (Wildman–Crippen MR) is 101 cm³/mol. The van der Waals surface area contributed by atoms with E-state index in [-0.39, 0.29) is 11.7 Å². The number of nitrogens with one attached hydrogen (secondary N) is 1. The Labute approximate surface area is 158 Å². The molecule has 0 spiro atoms. The summed E-state index contributed by atoms with van der Waals surface area (Å²) in [7, 11) is 0. The van der Waals surface area contributed by atoms with Gasteiger partial charge in [-0.25, -0.2) is 0 Å². The highest BCUT2D eigenvalue weighted by Crippen LogP contribution is 2.25. The van der Waals surface area contributed by atoms with Gasteiger partial charge in [0.25, 0.3) is 5.22 Å². The topological polar surface area (TPSA) is 68.0 Å². The van der Waals surface area contributed by atoms with Gasteiger partial charge in [0.2, 0.25) is 11.8 Å². The van der Waals surface area contributed by atoms with Crippen molar-refractivity contribution in [2.24, 2.45) is 0 Å². The fraction of sp³-hybridized carbons (Fsp3) is 0.167. The Bertz CT molecular complexity index is 839. The Morgan fingerprint density at radius 3 is 2.76 bits per heavy atom. The number of amides is 1. The molecule has 0 atom stereocenters. The smallest absolute Gasteiger partial charge is 0.277 e. The van der Waals surface area contributed by atoms with Crippen LogP contribution >= 0.6 is 27.7 Å². The van der Waals surface area contributed by atoms with Crippen LogP contribution in [0.5, 0.6) is 0 Å². The van der Waals surface area contributed by atoms with E-state index in [9.17, 15) is 4.79 Å². The summed E-state index contributed by atoms with van der Waals surface area (Å²) in [4.78, 5) is 11.9. The monoisotopic (exact) mass is 417 g/mol. The van der Waals surface area contributed by atoms with Gasteiger partial charge >= 0.3 is 0 Å². The standard InChI is InChI=1S/C18H16BrN3O2S/c19-15-8-4-7-14(11-15)17-21-22-18(24-17)25-12-16(23)20-10-9-13-5-2-1-3-6-13/h1-8,11H,9-10,12H2,(H,20,23). The molecule has 0 unspecified atom stereocenters. The molecule has 1 aromatic heterocycles. The fourth-order valence-corrected chi connectivity index (χ4v) is 3.17. The number of carbonyl (C=O) groups is 1. The van der Waals surface area contributed by atoms with Crippen molar-refractivity contribution in [3.05, 3.63) is 64.6 Å².